The maximum Gasteiger partial charge on any atom is 0.302 e. The number of esters is 1. The summed E-state index contributed by atoms with van der Waals surface area (Å²) in [4.78, 5) is 23.1. The molecule has 0 radical (unpaired) electrons. The van der Waals surface area contributed by atoms with E-state index >= 15 is 0 Å². The van der Waals surface area contributed by atoms with Gasteiger partial charge < -0.3 is 19.7 Å². The first-order chi connectivity index (χ1) is 8.97. The third-order valence-corrected chi connectivity index (χ3v) is 2.57. The van der Waals surface area contributed by atoms with Crippen LogP contribution >= 0.6 is 0 Å². The molecule has 1 N–H and O–H groups in total. The highest BCUT2D eigenvalue weighted by atomic mass is 19.1. The fourth-order valence-electron chi connectivity index (χ4n) is 1.68. The smallest absolute Gasteiger partial charge is 0.302 e. The maximum absolute atomic E-state index is 13.2. The fourth-order valence-corrected chi connectivity index (χ4v) is 1.68. The first-order valence-corrected chi connectivity index (χ1v) is 5.60. The molecule has 0 spiro atoms. The zero-order valence-electron chi connectivity index (χ0n) is 10.3. The minimum absolute atomic E-state index is 0.0845. The predicted molar refractivity (Wildman–Crippen MR) is 62.7 cm³/mol. The SMILES string of the molecule is C=C1NC(=O)C(F)=CN1C1C=CC(COC(C)=O)O1. The minimum Gasteiger partial charge on any atom is -0.463 e. The van der Waals surface area contributed by atoms with Crippen LogP contribution in [0.5, 0.6) is 0 Å². The largest absolute Gasteiger partial charge is 0.463 e. The van der Waals surface area contributed by atoms with Crippen molar-refractivity contribution in [3.05, 3.63) is 36.6 Å². The third-order valence-electron chi connectivity index (χ3n) is 2.57. The van der Waals surface area contributed by atoms with Crippen LogP contribution in [0.3, 0.4) is 0 Å². The second-order valence-corrected chi connectivity index (χ2v) is 4.04. The van der Waals surface area contributed by atoms with Gasteiger partial charge in [0.15, 0.2) is 6.23 Å². The first kappa shape index (κ1) is 13.3. The first-order valence-electron chi connectivity index (χ1n) is 5.60. The Morgan fingerprint density at radius 1 is 1.63 bits per heavy atom. The number of ether oxygens (including phenoxy) is 2. The van der Waals surface area contributed by atoms with Crippen LogP contribution in [-0.2, 0) is 19.1 Å². The van der Waals surface area contributed by atoms with E-state index in [4.69, 9.17) is 9.47 Å². The lowest BCUT2D eigenvalue weighted by Gasteiger charge is -2.31. The average Bonchev–Trinajstić information content (AvgIpc) is 2.80. The molecule has 0 bridgehead atoms. The summed E-state index contributed by atoms with van der Waals surface area (Å²) >= 11 is 0. The molecule has 2 aliphatic heterocycles. The highest BCUT2D eigenvalue weighted by molar-refractivity contribution is 5.93. The van der Waals surface area contributed by atoms with Gasteiger partial charge in [0.2, 0.25) is 5.83 Å². The quantitative estimate of drug-likeness (QED) is 0.598. The van der Waals surface area contributed by atoms with Crippen molar-refractivity contribution in [1.82, 2.24) is 10.2 Å². The summed E-state index contributed by atoms with van der Waals surface area (Å²) in [6.45, 7) is 4.99. The molecular formula is C12H13FN2O4. The van der Waals surface area contributed by atoms with Gasteiger partial charge in [-0.15, -0.1) is 0 Å². The van der Waals surface area contributed by atoms with Crippen molar-refractivity contribution in [2.45, 2.75) is 19.3 Å². The monoisotopic (exact) mass is 268 g/mol. The van der Waals surface area contributed by atoms with Gasteiger partial charge in [-0.1, -0.05) is 12.7 Å². The van der Waals surface area contributed by atoms with Gasteiger partial charge in [0, 0.05) is 13.1 Å². The van der Waals surface area contributed by atoms with Gasteiger partial charge in [0.25, 0.3) is 5.91 Å². The van der Waals surface area contributed by atoms with E-state index in [1.54, 1.807) is 12.2 Å². The van der Waals surface area contributed by atoms with Crippen molar-refractivity contribution in [3.63, 3.8) is 0 Å². The van der Waals surface area contributed by atoms with Crippen LogP contribution < -0.4 is 5.32 Å². The van der Waals surface area contributed by atoms with Crippen LogP contribution in [0.15, 0.2) is 36.6 Å². The minimum atomic E-state index is -0.923. The normalized spacial score (nSPS) is 26.2. The van der Waals surface area contributed by atoms with Gasteiger partial charge >= 0.3 is 5.97 Å². The molecule has 2 rings (SSSR count). The Labute approximate surface area is 109 Å². The van der Waals surface area contributed by atoms with E-state index in [-0.39, 0.29) is 12.4 Å². The second kappa shape index (κ2) is 5.23. The maximum atomic E-state index is 13.2. The molecule has 7 heteroatoms. The van der Waals surface area contributed by atoms with Crippen molar-refractivity contribution in [2.24, 2.45) is 0 Å². The highest BCUT2D eigenvalue weighted by Gasteiger charge is 2.30. The Balaban J connectivity index is 1.98. The fraction of sp³-hybridized carbons (Fsp3) is 0.333. The van der Waals surface area contributed by atoms with Crippen molar-refractivity contribution >= 4 is 11.9 Å². The van der Waals surface area contributed by atoms with Crippen LogP contribution in [0, 0.1) is 0 Å². The van der Waals surface area contributed by atoms with E-state index in [9.17, 15) is 14.0 Å². The molecule has 0 aliphatic carbocycles. The molecule has 2 atom stereocenters. The lowest BCUT2D eigenvalue weighted by atomic mass is 10.3. The Hall–Kier alpha value is -2.15. The van der Waals surface area contributed by atoms with Crippen LogP contribution in [0.1, 0.15) is 6.92 Å². The summed E-state index contributed by atoms with van der Waals surface area (Å²) < 4.78 is 23.6. The van der Waals surface area contributed by atoms with Crippen LogP contribution in [0.2, 0.25) is 0 Å². The van der Waals surface area contributed by atoms with Gasteiger partial charge in [0.1, 0.15) is 18.5 Å². The Morgan fingerprint density at radius 2 is 2.37 bits per heavy atom. The van der Waals surface area contributed by atoms with Crippen molar-refractivity contribution in [2.75, 3.05) is 6.61 Å². The van der Waals surface area contributed by atoms with Crippen LogP contribution in [-0.4, -0.2) is 35.7 Å². The van der Waals surface area contributed by atoms with Crippen molar-refractivity contribution in [1.29, 1.82) is 0 Å². The molecule has 0 aromatic carbocycles. The molecule has 1 amide bonds. The van der Waals surface area contributed by atoms with Crippen molar-refractivity contribution < 1.29 is 23.5 Å². The van der Waals surface area contributed by atoms with Crippen LogP contribution in [0.25, 0.3) is 0 Å². The molecule has 0 aromatic heterocycles. The topological polar surface area (TPSA) is 67.9 Å². The third kappa shape index (κ3) is 3.00. The average molecular weight is 268 g/mol. The molecule has 6 nitrogen and oxygen atoms in total. The summed E-state index contributed by atoms with van der Waals surface area (Å²) in [6, 6.07) is 0. The van der Waals surface area contributed by atoms with E-state index in [2.05, 4.69) is 11.9 Å². The predicted octanol–water partition coefficient (Wildman–Crippen LogP) is 0.544. The van der Waals surface area contributed by atoms with Gasteiger partial charge in [0.05, 0.1) is 0 Å². The highest BCUT2D eigenvalue weighted by Crippen LogP contribution is 2.22. The Bertz CT molecular complexity index is 486. The number of carbonyl (C=O) groups excluding carboxylic acids is 2. The summed E-state index contributed by atoms with van der Waals surface area (Å²) in [5.74, 6) is -1.94. The second-order valence-electron chi connectivity index (χ2n) is 4.04. The number of hydrogen-bond donors (Lipinski definition) is 1. The number of nitrogens with zero attached hydrogens (tertiary/aromatic N) is 1. The molecule has 0 saturated heterocycles. The number of nitrogens with one attached hydrogen (secondary N) is 1. The van der Waals surface area contributed by atoms with E-state index in [1.165, 1.54) is 11.8 Å². The summed E-state index contributed by atoms with van der Waals surface area (Å²) in [6.07, 6.45) is 3.38. The number of hydrogen-bond acceptors (Lipinski definition) is 5. The molecule has 0 fully saturated rings. The van der Waals surface area contributed by atoms with E-state index in [0.717, 1.165) is 6.20 Å². The zero-order chi connectivity index (χ0) is 14.0. The lowest BCUT2D eigenvalue weighted by Crippen LogP contribution is -2.42. The van der Waals surface area contributed by atoms with Gasteiger partial charge in [-0.3, -0.25) is 9.59 Å². The summed E-state index contributed by atoms with van der Waals surface area (Å²) in [5, 5.41) is 2.27. The zero-order valence-corrected chi connectivity index (χ0v) is 10.3. The molecule has 2 aliphatic rings. The Kier molecular flexibility index (Phi) is 3.66. The van der Waals surface area contributed by atoms with E-state index < -0.39 is 30.0 Å². The van der Waals surface area contributed by atoms with Crippen molar-refractivity contribution in [3.8, 4) is 0 Å². The number of rotatable bonds is 3. The van der Waals surface area contributed by atoms with Gasteiger partial charge in [-0.05, 0) is 6.08 Å². The standard InChI is InChI=1S/C12H13FN2O4/c1-7-14-12(17)10(13)5-15(7)11-4-3-9(19-11)6-18-8(2)16/h3-5,9,11H,1,6H2,2H3,(H,14,17). The molecule has 2 unspecified atom stereocenters. The summed E-state index contributed by atoms with van der Waals surface area (Å²) in [7, 11) is 0. The molecule has 0 aromatic rings. The molecule has 0 saturated carbocycles. The van der Waals surface area contributed by atoms with E-state index in [1.807, 2.05) is 0 Å². The molecular weight excluding hydrogens is 255 g/mol. The molecule has 2 heterocycles. The van der Waals surface area contributed by atoms with Gasteiger partial charge in [-0.2, -0.15) is 4.39 Å². The molecule has 102 valence electrons. The summed E-state index contributed by atoms with van der Waals surface area (Å²) in [5.41, 5.74) is 0. The molecule has 19 heavy (non-hydrogen) atoms. The number of halogens is 1. The number of amides is 1. The lowest BCUT2D eigenvalue weighted by molar-refractivity contribution is -0.145. The van der Waals surface area contributed by atoms with Gasteiger partial charge in [-0.25, -0.2) is 0 Å². The van der Waals surface area contributed by atoms with Crippen LogP contribution in [0.4, 0.5) is 4.39 Å². The Morgan fingerprint density at radius 3 is 3.05 bits per heavy atom. The number of carbonyl (C=O) groups is 2. The van der Waals surface area contributed by atoms with E-state index in [0.29, 0.717) is 0 Å².